The van der Waals surface area contributed by atoms with Gasteiger partial charge in [0.05, 0.1) is 11.1 Å². The van der Waals surface area contributed by atoms with E-state index in [0.29, 0.717) is 24.1 Å². The molecule has 0 spiro atoms. The smallest absolute Gasteiger partial charge is 0.262 e. The number of likely N-dealkylation sites (tertiary alicyclic amines) is 1. The van der Waals surface area contributed by atoms with Crippen LogP contribution in [-0.4, -0.2) is 49.7 Å². The van der Waals surface area contributed by atoms with E-state index in [4.69, 9.17) is 9.47 Å². The lowest BCUT2D eigenvalue weighted by molar-refractivity contribution is -0.118. The number of aryl methyl sites for hydroxylation is 1. The average molecular weight is 504 g/mol. The Labute approximate surface area is 199 Å². The second-order valence-corrected chi connectivity index (χ2v) is 8.95. The number of amides is 1. The summed E-state index contributed by atoms with van der Waals surface area (Å²) in [6.07, 6.45) is 2.54. The molecule has 1 aliphatic rings. The van der Waals surface area contributed by atoms with Crippen molar-refractivity contribution in [1.82, 2.24) is 10.2 Å². The molecule has 6 nitrogen and oxygen atoms in total. The minimum absolute atomic E-state index is 0.0985. The van der Waals surface area contributed by atoms with Crippen LogP contribution >= 0.6 is 15.9 Å². The van der Waals surface area contributed by atoms with E-state index in [9.17, 15) is 4.79 Å². The van der Waals surface area contributed by atoms with E-state index in [1.165, 1.54) is 19.4 Å². The van der Waals surface area contributed by atoms with Crippen LogP contribution in [0.5, 0.6) is 11.5 Å². The number of hydrogen-bond acceptors (Lipinski definition) is 5. The number of nitrogens with zero attached hydrogens (tertiary/aromatic N) is 1. The molecule has 1 heterocycles. The molecular formula is C25H34BrN3O3. The van der Waals surface area contributed by atoms with Crippen LogP contribution in [0.2, 0.25) is 0 Å². The third-order valence-corrected chi connectivity index (χ3v) is 6.26. The molecule has 1 saturated heterocycles. The Hall–Kier alpha value is -2.09. The highest BCUT2D eigenvalue weighted by atomic mass is 79.9. The maximum absolute atomic E-state index is 12.3. The van der Waals surface area contributed by atoms with E-state index in [2.05, 4.69) is 38.4 Å². The summed E-state index contributed by atoms with van der Waals surface area (Å²) in [5, 5.41) is 6.43. The number of carbonyl (C=O) groups excluding carboxylic acids is 1. The molecule has 1 atom stereocenters. The number of hydrogen-bond donors (Lipinski definition) is 2. The molecule has 32 heavy (non-hydrogen) atoms. The fourth-order valence-corrected chi connectivity index (χ4v) is 4.63. The van der Waals surface area contributed by atoms with E-state index in [-0.39, 0.29) is 12.5 Å². The molecule has 0 aromatic heterocycles. The minimum Gasteiger partial charge on any atom is -0.490 e. The molecule has 0 bridgehead atoms. The Morgan fingerprint density at radius 1 is 1.19 bits per heavy atom. The van der Waals surface area contributed by atoms with E-state index >= 15 is 0 Å². The summed E-state index contributed by atoms with van der Waals surface area (Å²) in [4.78, 5) is 14.9. The number of anilines is 1. The Kier molecular flexibility index (Phi) is 9.38. The number of likely N-dealkylation sites (N-methyl/N-ethyl adjacent to an activating group) is 1. The van der Waals surface area contributed by atoms with Crippen molar-refractivity contribution in [3.8, 4) is 11.5 Å². The normalized spacial score (nSPS) is 16.2. The third-order valence-electron chi connectivity index (χ3n) is 5.67. The zero-order valence-electron chi connectivity index (χ0n) is 19.2. The number of carbonyl (C=O) groups is 1. The summed E-state index contributed by atoms with van der Waals surface area (Å²) < 4.78 is 12.4. The van der Waals surface area contributed by atoms with Gasteiger partial charge in [-0.1, -0.05) is 24.6 Å². The number of rotatable bonds is 11. The molecular weight excluding hydrogens is 470 g/mol. The maximum atomic E-state index is 12.3. The summed E-state index contributed by atoms with van der Waals surface area (Å²) in [6.45, 7) is 10.6. The van der Waals surface area contributed by atoms with Crippen molar-refractivity contribution >= 4 is 27.5 Å². The van der Waals surface area contributed by atoms with Crippen LogP contribution in [0.4, 0.5) is 5.69 Å². The molecule has 0 unspecified atom stereocenters. The van der Waals surface area contributed by atoms with Gasteiger partial charge in [-0.05, 0) is 85.5 Å². The highest BCUT2D eigenvalue weighted by molar-refractivity contribution is 9.10. The van der Waals surface area contributed by atoms with Crippen molar-refractivity contribution < 1.29 is 14.3 Å². The van der Waals surface area contributed by atoms with Gasteiger partial charge in [-0.25, -0.2) is 0 Å². The second-order valence-electron chi connectivity index (χ2n) is 8.10. The van der Waals surface area contributed by atoms with Crippen LogP contribution in [-0.2, 0) is 11.3 Å². The summed E-state index contributed by atoms with van der Waals surface area (Å²) in [5.41, 5.74) is 3.00. The molecule has 0 aliphatic carbocycles. The lowest BCUT2D eigenvalue weighted by Gasteiger charge is -2.23. The largest absolute Gasteiger partial charge is 0.490 e. The average Bonchev–Trinajstić information content (AvgIpc) is 3.22. The first-order chi connectivity index (χ1) is 15.5. The Balaban J connectivity index is 1.58. The highest BCUT2D eigenvalue weighted by Gasteiger charge is 2.22. The van der Waals surface area contributed by atoms with Gasteiger partial charge < -0.3 is 20.1 Å². The third kappa shape index (κ3) is 6.95. The van der Waals surface area contributed by atoms with Crippen LogP contribution in [0, 0.1) is 6.92 Å². The zero-order chi connectivity index (χ0) is 22.9. The van der Waals surface area contributed by atoms with E-state index in [1.807, 2.05) is 50.2 Å². The molecule has 1 fully saturated rings. The molecule has 3 rings (SSSR count). The van der Waals surface area contributed by atoms with Crippen molar-refractivity contribution in [1.29, 1.82) is 0 Å². The van der Waals surface area contributed by atoms with E-state index in [1.54, 1.807) is 0 Å². The van der Waals surface area contributed by atoms with Gasteiger partial charge in [-0.3, -0.25) is 9.69 Å². The van der Waals surface area contributed by atoms with Gasteiger partial charge in [0, 0.05) is 24.8 Å². The Bertz CT molecular complexity index is 889. The number of nitrogens with one attached hydrogen (secondary N) is 2. The maximum Gasteiger partial charge on any atom is 0.262 e. The summed E-state index contributed by atoms with van der Waals surface area (Å²) in [7, 11) is 0. The Morgan fingerprint density at radius 2 is 1.97 bits per heavy atom. The second kappa shape index (κ2) is 12.2. The SMILES string of the molecule is CCOc1cc(CNC[C@@H]2CCCN2CC)cc(Br)c1OCC(=O)Nc1ccc(C)cc1. The van der Waals surface area contributed by atoms with Crippen molar-refractivity contribution in [3.63, 3.8) is 0 Å². The Morgan fingerprint density at radius 3 is 2.69 bits per heavy atom. The van der Waals surface area contributed by atoms with Crippen LogP contribution in [0.15, 0.2) is 40.9 Å². The molecule has 2 aromatic rings. The first-order valence-electron chi connectivity index (χ1n) is 11.4. The quantitative estimate of drug-likeness (QED) is 0.463. The van der Waals surface area contributed by atoms with Crippen molar-refractivity contribution in [2.45, 2.75) is 46.2 Å². The van der Waals surface area contributed by atoms with E-state index < -0.39 is 0 Å². The first-order valence-corrected chi connectivity index (χ1v) is 12.2. The minimum atomic E-state index is -0.217. The molecule has 1 aliphatic heterocycles. The van der Waals surface area contributed by atoms with Crippen molar-refractivity contribution in [2.75, 3.05) is 38.2 Å². The van der Waals surface area contributed by atoms with Gasteiger partial charge in [0.1, 0.15) is 0 Å². The lowest BCUT2D eigenvalue weighted by atomic mass is 10.1. The van der Waals surface area contributed by atoms with Crippen molar-refractivity contribution in [2.24, 2.45) is 0 Å². The predicted molar refractivity (Wildman–Crippen MR) is 133 cm³/mol. The standard InChI is InChI=1S/C25H34BrN3O3/c1-4-29-12-6-7-21(29)16-27-15-19-13-22(26)25(23(14-19)31-5-2)32-17-24(30)28-20-10-8-18(3)9-11-20/h8-11,13-14,21,27H,4-7,12,15-17H2,1-3H3,(H,28,30)/t21-/m0/s1. The fraction of sp³-hybridized carbons (Fsp3) is 0.480. The highest BCUT2D eigenvalue weighted by Crippen LogP contribution is 2.37. The van der Waals surface area contributed by atoms with Gasteiger partial charge >= 0.3 is 0 Å². The zero-order valence-corrected chi connectivity index (χ0v) is 20.8. The predicted octanol–water partition coefficient (Wildman–Crippen LogP) is 4.75. The summed E-state index contributed by atoms with van der Waals surface area (Å²) >= 11 is 3.60. The molecule has 2 aromatic carbocycles. The molecule has 0 saturated carbocycles. The van der Waals surface area contributed by atoms with Crippen LogP contribution in [0.3, 0.4) is 0 Å². The summed E-state index contributed by atoms with van der Waals surface area (Å²) in [6, 6.07) is 12.3. The molecule has 7 heteroatoms. The lowest BCUT2D eigenvalue weighted by Crippen LogP contribution is -2.37. The molecule has 0 radical (unpaired) electrons. The fourth-order valence-electron chi connectivity index (χ4n) is 4.02. The van der Waals surface area contributed by atoms with Crippen LogP contribution < -0.4 is 20.1 Å². The van der Waals surface area contributed by atoms with Crippen LogP contribution in [0.1, 0.15) is 37.8 Å². The first kappa shape index (κ1) is 24.6. The van der Waals surface area contributed by atoms with Crippen LogP contribution in [0.25, 0.3) is 0 Å². The van der Waals surface area contributed by atoms with Gasteiger partial charge in [0.15, 0.2) is 18.1 Å². The van der Waals surface area contributed by atoms with Crippen molar-refractivity contribution in [3.05, 3.63) is 52.0 Å². The monoisotopic (exact) mass is 503 g/mol. The van der Waals surface area contributed by atoms with Gasteiger partial charge in [0.2, 0.25) is 0 Å². The topological polar surface area (TPSA) is 62.8 Å². The number of benzene rings is 2. The number of halogens is 1. The molecule has 174 valence electrons. The molecule has 2 N–H and O–H groups in total. The van der Waals surface area contributed by atoms with Gasteiger partial charge in [0.25, 0.3) is 5.91 Å². The van der Waals surface area contributed by atoms with Gasteiger partial charge in [-0.15, -0.1) is 0 Å². The summed E-state index contributed by atoms with van der Waals surface area (Å²) in [5.74, 6) is 0.964. The number of ether oxygens (including phenoxy) is 2. The molecule has 1 amide bonds. The van der Waals surface area contributed by atoms with Gasteiger partial charge in [-0.2, -0.15) is 0 Å². The van der Waals surface area contributed by atoms with E-state index in [0.717, 1.165) is 40.9 Å².